The Morgan fingerprint density at radius 1 is 1.58 bits per heavy atom. The van der Waals surface area contributed by atoms with Gasteiger partial charge in [0.25, 0.3) is 0 Å². The lowest BCUT2D eigenvalue weighted by Crippen LogP contribution is -2.19. The molecule has 0 atom stereocenters. The Balaban J connectivity index is 2.79. The molecule has 12 heavy (non-hydrogen) atoms. The van der Waals surface area contributed by atoms with E-state index in [4.69, 9.17) is 5.73 Å². The smallest absolute Gasteiger partial charge is 0.316 e. The average Bonchev–Trinajstić information content (AvgIpc) is 2.03. The number of amides is 2. The minimum Gasteiger partial charge on any atom is -0.351 e. The molecule has 0 aromatic heterocycles. The largest absolute Gasteiger partial charge is 0.351 e. The van der Waals surface area contributed by atoms with Gasteiger partial charge in [-0.05, 0) is 17.7 Å². The Labute approximate surface area is 79.1 Å². The van der Waals surface area contributed by atoms with Crippen LogP contribution >= 0.6 is 15.9 Å². The summed E-state index contributed by atoms with van der Waals surface area (Å²) >= 11 is 3.31. The molecule has 0 saturated heterocycles. The van der Waals surface area contributed by atoms with Crippen molar-refractivity contribution in [2.24, 2.45) is 5.73 Å². The molecule has 0 saturated carbocycles. The fraction of sp³-hybridized carbons (Fsp3) is 0.125. The second kappa shape index (κ2) is 4.11. The number of urea groups is 1. The Morgan fingerprint density at radius 3 is 2.92 bits per heavy atom. The highest BCUT2D eigenvalue weighted by molar-refractivity contribution is 9.08. The highest BCUT2D eigenvalue weighted by Gasteiger charge is 1.95. The average molecular weight is 229 g/mol. The van der Waals surface area contributed by atoms with Crippen LogP contribution in [0.5, 0.6) is 0 Å². The fourth-order valence-electron chi connectivity index (χ4n) is 0.874. The monoisotopic (exact) mass is 228 g/mol. The van der Waals surface area contributed by atoms with Crippen molar-refractivity contribution in [2.75, 3.05) is 5.32 Å². The van der Waals surface area contributed by atoms with E-state index in [-0.39, 0.29) is 0 Å². The van der Waals surface area contributed by atoms with Gasteiger partial charge in [-0.25, -0.2) is 4.79 Å². The first kappa shape index (κ1) is 9.06. The molecule has 64 valence electrons. The molecule has 0 unspecified atom stereocenters. The highest BCUT2D eigenvalue weighted by atomic mass is 79.9. The van der Waals surface area contributed by atoms with Gasteiger partial charge in [0.05, 0.1) is 0 Å². The first-order valence-corrected chi connectivity index (χ1v) is 4.56. The first-order chi connectivity index (χ1) is 5.72. The molecular formula is C8H9BrN2O. The number of hydrogen-bond acceptors (Lipinski definition) is 1. The van der Waals surface area contributed by atoms with Gasteiger partial charge in [-0.15, -0.1) is 0 Å². The third kappa shape index (κ3) is 2.54. The van der Waals surface area contributed by atoms with E-state index in [0.29, 0.717) is 0 Å². The van der Waals surface area contributed by atoms with Gasteiger partial charge in [0.1, 0.15) is 0 Å². The lowest BCUT2D eigenvalue weighted by Gasteiger charge is -2.02. The van der Waals surface area contributed by atoms with Crippen LogP contribution < -0.4 is 11.1 Å². The minimum absolute atomic E-state index is 0.540. The molecular weight excluding hydrogens is 220 g/mol. The van der Waals surface area contributed by atoms with Crippen LogP contribution in [0.2, 0.25) is 0 Å². The summed E-state index contributed by atoms with van der Waals surface area (Å²) in [7, 11) is 0. The summed E-state index contributed by atoms with van der Waals surface area (Å²) in [6.45, 7) is 0. The van der Waals surface area contributed by atoms with Gasteiger partial charge in [0.2, 0.25) is 0 Å². The zero-order valence-electron chi connectivity index (χ0n) is 6.38. The van der Waals surface area contributed by atoms with Gasteiger partial charge in [0, 0.05) is 11.0 Å². The van der Waals surface area contributed by atoms with E-state index >= 15 is 0 Å². The van der Waals surface area contributed by atoms with E-state index < -0.39 is 6.03 Å². The van der Waals surface area contributed by atoms with Crippen molar-refractivity contribution in [3.8, 4) is 0 Å². The molecule has 2 amide bonds. The molecule has 3 N–H and O–H groups in total. The number of benzene rings is 1. The van der Waals surface area contributed by atoms with E-state index in [1.165, 1.54) is 0 Å². The van der Waals surface area contributed by atoms with Gasteiger partial charge in [-0.2, -0.15) is 0 Å². The lowest BCUT2D eigenvalue weighted by molar-refractivity contribution is 0.259. The zero-order chi connectivity index (χ0) is 8.97. The van der Waals surface area contributed by atoms with Crippen LogP contribution in [0.3, 0.4) is 0 Å². The summed E-state index contributed by atoms with van der Waals surface area (Å²) in [6, 6.07) is 6.93. The number of carbonyl (C=O) groups is 1. The number of nitrogens with two attached hydrogens (primary N) is 1. The summed E-state index contributed by atoms with van der Waals surface area (Å²) in [5, 5.41) is 3.26. The maximum atomic E-state index is 10.5. The first-order valence-electron chi connectivity index (χ1n) is 3.43. The predicted octanol–water partition coefficient (Wildman–Crippen LogP) is 2.07. The van der Waals surface area contributed by atoms with Crippen LogP contribution in [-0.2, 0) is 5.33 Å². The Bertz CT molecular complexity index is 288. The quantitative estimate of drug-likeness (QED) is 0.749. The van der Waals surface area contributed by atoms with Crippen LogP contribution in [0.1, 0.15) is 5.56 Å². The van der Waals surface area contributed by atoms with E-state index in [9.17, 15) is 4.79 Å². The second-order valence-corrected chi connectivity index (χ2v) is 2.88. The highest BCUT2D eigenvalue weighted by Crippen LogP contribution is 2.12. The number of carbonyl (C=O) groups excluding carboxylic acids is 1. The van der Waals surface area contributed by atoms with Crippen LogP contribution in [0.15, 0.2) is 24.3 Å². The van der Waals surface area contributed by atoms with Gasteiger partial charge in [-0.3, -0.25) is 0 Å². The van der Waals surface area contributed by atoms with E-state index in [1.807, 2.05) is 18.2 Å². The van der Waals surface area contributed by atoms with Gasteiger partial charge >= 0.3 is 6.03 Å². The molecule has 0 bridgehead atoms. The molecule has 0 aliphatic heterocycles. The van der Waals surface area contributed by atoms with Crippen molar-refractivity contribution in [3.63, 3.8) is 0 Å². The van der Waals surface area contributed by atoms with Gasteiger partial charge < -0.3 is 11.1 Å². The van der Waals surface area contributed by atoms with E-state index in [2.05, 4.69) is 21.2 Å². The fourth-order valence-corrected chi connectivity index (χ4v) is 1.22. The van der Waals surface area contributed by atoms with Crippen molar-refractivity contribution in [1.82, 2.24) is 0 Å². The molecule has 0 radical (unpaired) electrons. The maximum Gasteiger partial charge on any atom is 0.316 e. The van der Waals surface area contributed by atoms with Crippen LogP contribution in [0, 0.1) is 0 Å². The van der Waals surface area contributed by atoms with Crippen molar-refractivity contribution in [2.45, 2.75) is 5.33 Å². The normalized spacial score (nSPS) is 9.42. The Morgan fingerprint density at radius 2 is 2.33 bits per heavy atom. The molecule has 0 spiro atoms. The van der Waals surface area contributed by atoms with Crippen LogP contribution in [0.25, 0.3) is 0 Å². The SMILES string of the molecule is NC(=O)Nc1cccc(CBr)c1. The summed E-state index contributed by atoms with van der Waals surface area (Å²) in [6.07, 6.45) is 0. The molecule has 0 aliphatic rings. The Hall–Kier alpha value is -1.03. The third-order valence-electron chi connectivity index (χ3n) is 1.35. The topological polar surface area (TPSA) is 55.1 Å². The zero-order valence-corrected chi connectivity index (χ0v) is 7.97. The molecule has 4 heteroatoms. The number of alkyl halides is 1. The Kier molecular flexibility index (Phi) is 3.10. The molecule has 0 fully saturated rings. The number of anilines is 1. The number of halogens is 1. The third-order valence-corrected chi connectivity index (χ3v) is 2.00. The van der Waals surface area contributed by atoms with Crippen molar-refractivity contribution < 1.29 is 4.79 Å². The summed E-state index contributed by atoms with van der Waals surface area (Å²) < 4.78 is 0. The van der Waals surface area contributed by atoms with Crippen molar-refractivity contribution in [1.29, 1.82) is 0 Å². The molecule has 0 aliphatic carbocycles. The van der Waals surface area contributed by atoms with Gasteiger partial charge in [0.15, 0.2) is 0 Å². The molecule has 1 aromatic rings. The number of nitrogens with one attached hydrogen (secondary N) is 1. The second-order valence-electron chi connectivity index (χ2n) is 2.32. The van der Waals surface area contributed by atoms with E-state index in [1.54, 1.807) is 6.07 Å². The maximum absolute atomic E-state index is 10.5. The van der Waals surface area contributed by atoms with Crippen LogP contribution in [0.4, 0.5) is 10.5 Å². The number of hydrogen-bond donors (Lipinski definition) is 2. The number of rotatable bonds is 2. The molecule has 1 rings (SSSR count). The summed E-state index contributed by atoms with van der Waals surface area (Å²) in [5.74, 6) is 0. The van der Waals surface area contributed by atoms with Gasteiger partial charge in [-0.1, -0.05) is 28.1 Å². The molecule has 0 heterocycles. The lowest BCUT2D eigenvalue weighted by atomic mass is 10.2. The molecule has 3 nitrogen and oxygen atoms in total. The van der Waals surface area contributed by atoms with Crippen LogP contribution in [-0.4, -0.2) is 6.03 Å². The standard InChI is InChI=1S/C8H9BrN2O/c9-5-6-2-1-3-7(4-6)11-8(10)12/h1-4H,5H2,(H3,10,11,12). The van der Waals surface area contributed by atoms with Crippen molar-refractivity contribution >= 4 is 27.6 Å². The minimum atomic E-state index is -0.540. The summed E-state index contributed by atoms with van der Waals surface area (Å²) in [4.78, 5) is 10.5. The summed E-state index contributed by atoms with van der Waals surface area (Å²) in [5.41, 5.74) is 6.77. The predicted molar refractivity (Wildman–Crippen MR) is 52.3 cm³/mol. The molecule has 1 aromatic carbocycles. The number of primary amides is 1. The van der Waals surface area contributed by atoms with Crippen molar-refractivity contribution in [3.05, 3.63) is 29.8 Å². The van der Waals surface area contributed by atoms with E-state index in [0.717, 1.165) is 16.6 Å².